The second kappa shape index (κ2) is 3.91. The highest BCUT2D eigenvalue weighted by Crippen LogP contribution is 2.52. The Kier molecular flexibility index (Phi) is 2.72. The van der Waals surface area contributed by atoms with Gasteiger partial charge in [0, 0.05) is 5.92 Å². The van der Waals surface area contributed by atoms with Gasteiger partial charge in [0.2, 0.25) is 0 Å². The number of likely N-dealkylation sites (N-methyl/N-ethyl adjacent to an activating group) is 1. The van der Waals surface area contributed by atoms with Gasteiger partial charge in [0.1, 0.15) is 5.54 Å². The molecule has 1 aromatic rings. The van der Waals surface area contributed by atoms with Crippen LogP contribution in [-0.4, -0.2) is 25.7 Å². The summed E-state index contributed by atoms with van der Waals surface area (Å²) in [5.74, 6) is 0.0782. The summed E-state index contributed by atoms with van der Waals surface area (Å²) in [6, 6.07) is 8.19. The van der Waals surface area contributed by atoms with E-state index in [1.165, 1.54) is 18.2 Å². The number of benzene rings is 1. The minimum absolute atomic E-state index is 0.164. The summed E-state index contributed by atoms with van der Waals surface area (Å²) in [4.78, 5) is 11.7. The van der Waals surface area contributed by atoms with Crippen LogP contribution in [0.15, 0.2) is 24.3 Å². The third-order valence-corrected chi connectivity index (χ3v) is 3.52. The standard InChI is InChI=1S/C13H17NO2/c1-9-6-4-5-7-10(9)11-8-13(11,14-2)12(15)16-3/h4-7,11,14H,8H2,1-3H3. The van der Waals surface area contributed by atoms with E-state index >= 15 is 0 Å². The third-order valence-electron chi connectivity index (χ3n) is 3.52. The first-order valence-corrected chi connectivity index (χ1v) is 5.48. The topological polar surface area (TPSA) is 38.3 Å². The second-order valence-corrected chi connectivity index (χ2v) is 4.33. The number of methoxy groups -OCH3 is 1. The van der Waals surface area contributed by atoms with Gasteiger partial charge < -0.3 is 10.1 Å². The molecule has 1 aliphatic rings. The van der Waals surface area contributed by atoms with Gasteiger partial charge in [0.05, 0.1) is 7.11 Å². The van der Waals surface area contributed by atoms with E-state index < -0.39 is 5.54 Å². The van der Waals surface area contributed by atoms with Crippen molar-refractivity contribution >= 4 is 5.97 Å². The maximum absolute atomic E-state index is 11.7. The van der Waals surface area contributed by atoms with Gasteiger partial charge in [-0.15, -0.1) is 0 Å². The van der Waals surface area contributed by atoms with Crippen LogP contribution in [0.4, 0.5) is 0 Å². The molecule has 16 heavy (non-hydrogen) atoms. The molecule has 2 unspecified atom stereocenters. The van der Waals surface area contributed by atoms with Crippen molar-refractivity contribution in [3.05, 3.63) is 35.4 Å². The minimum atomic E-state index is -0.499. The number of hydrogen-bond donors (Lipinski definition) is 1. The number of hydrogen-bond acceptors (Lipinski definition) is 3. The lowest BCUT2D eigenvalue weighted by molar-refractivity contribution is -0.144. The molecule has 0 radical (unpaired) electrons. The summed E-state index contributed by atoms with van der Waals surface area (Å²) < 4.78 is 4.86. The quantitative estimate of drug-likeness (QED) is 0.785. The monoisotopic (exact) mass is 219 g/mol. The molecule has 3 nitrogen and oxygen atoms in total. The smallest absolute Gasteiger partial charge is 0.326 e. The lowest BCUT2D eigenvalue weighted by Crippen LogP contribution is -2.39. The molecule has 3 heteroatoms. The average Bonchev–Trinajstić information content (AvgIpc) is 3.04. The molecule has 1 saturated carbocycles. The van der Waals surface area contributed by atoms with Crippen LogP contribution >= 0.6 is 0 Å². The van der Waals surface area contributed by atoms with Crippen molar-refractivity contribution in [2.75, 3.05) is 14.2 Å². The molecule has 1 aromatic carbocycles. The van der Waals surface area contributed by atoms with Gasteiger partial charge in [-0.25, -0.2) is 0 Å². The van der Waals surface area contributed by atoms with Crippen molar-refractivity contribution in [2.45, 2.75) is 24.8 Å². The Bertz CT molecular complexity index is 416. The minimum Gasteiger partial charge on any atom is -0.468 e. The molecule has 1 fully saturated rings. The highest BCUT2D eigenvalue weighted by Gasteiger charge is 2.61. The molecule has 2 rings (SSSR count). The van der Waals surface area contributed by atoms with Gasteiger partial charge >= 0.3 is 5.97 Å². The summed E-state index contributed by atoms with van der Waals surface area (Å²) in [7, 11) is 3.25. The van der Waals surface area contributed by atoms with E-state index in [-0.39, 0.29) is 11.9 Å². The van der Waals surface area contributed by atoms with Gasteiger partial charge in [0.15, 0.2) is 0 Å². The molecule has 2 atom stereocenters. The molecule has 0 spiro atoms. The van der Waals surface area contributed by atoms with Crippen molar-refractivity contribution in [3.63, 3.8) is 0 Å². The molecule has 0 amide bonds. The first-order valence-electron chi connectivity index (χ1n) is 5.48. The fourth-order valence-electron chi connectivity index (χ4n) is 2.40. The van der Waals surface area contributed by atoms with Crippen LogP contribution in [0.5, 0.6) is 0 Å². The molecular weight excluding hydrogens is 202 g/mol. The van der Waals surface area contributed by atoms with Crippen molar-refractivity contribution in [3.8, 4) is 0 Å². The van der Waals surface area contributed by atoms with Crippen molar-refractivity contribution in [2.24, 2.45) is 0 Å². The number of rotatable bonds is 3. The average molecular weight is 219 g/mol. The number of esters is 1. The van der Waals surface area contributed by atoms with E-state index in [0.29, 0.717) is 0 Å². The molecule has 0 heterocycles. The molecule has 0 aromatic heterocycles. The van der Waals surface area contributed by atoms with E-state index in [4.69, 9.17) is 4.74 Å². The van der Waals surface area contributed by atoms with Crippen LogP contribution in [0.3, 0.4) is 0 Å². The largest absolute Gasteiger partial charge is 0.468 e. The fraction of sp³-hybridized carbons (Fsp3) is 0.462. The van der Waals surface area contributed by atoms with Crippen LogP contribution in [0, 0.1) is 6.92 Å². The van der Waals surface area contributed by atoms with Gasteiger partial charge in [-0.3, -0.25) is 4.79 Å². The van der Waals surface area contributed by atoms with E-state index in [2.05, 4.69) is 24.4 Å². The maximum atomic E-state index is 11.7. The Morgan fingerprint density at radius 2 is 2.19 bits per heavy atom. The summed E-state index contributed by atoms with van der Waals surface area (Å²) in [5.41, 5.74) is 1.97. The van der Waals surface area contributed by atoms with Crippen LogP contribution in [0.2, 0.25) is 0 Å². The number of nitrogens with one attached hydrogen (secondary N) is 1. The Morgan fingerprint density at radius 1 is 1.50 bits per heavy atom. The predicted octanol–water partition coefficient (Wildman–Crippen LogP) is 1.61. The van der Waals surface area contributed by atoms with Crippen molar-refractivity contribution in [1.29, 1.82) is 0 Å². The van der Waals surface area contributed by atoms with E-state index in [1.54, 1.807) is 0 Å². The number of ether oxygens (including phenoxy) is 1. The molecule has 0 bridgehead atoms. The van der Waals surface area contributed by atoms with Crippen molar-refractivity contribution < 1.29 is 9.53 Å². The maximum Gasteiger partial charge on any atom is 0.326 e. The fourth-order valence-corrected chi connectivity index (χ4v) is 2.40. The van der Waals surface area contributed by atoms with Gasteiger partial charge in [-0.2, -0.15) is 0 Å². The zero-order chi connectivity index (χ0) is 11.8. The molecule has 1 N–H and O–H groups in total. The Morgan fingerprint density at radius 3 is 2.75 bits per heavy atom. The molecular formula is C13H17NO2. The number of aryl methyl sites for hydroxylation is 1. The predicted molar refractivity (Wildman–Crippen MR) is 62.3 cm³/mol. The number of carbonyl (C=O) groups excluding carboxylic acids is 1. The van der Waals surface area contributed by atoms with Gasteiger partial charge in [-0.1, -0.05) is 24.3 Å². The zero-order valence-electron chi connectivity index (χ0n) is 9.91. The van der Waals surface area contributed by atoms with E-state index in [1.807, 2.05) is 19.2 Å². The lowest BCUT2D eigenvalue weighted by atomic mass is 10.0. The lowest BCUT2D eigenvalue weighted by Gasteiger charge is -2.14. The highest BCUT2D eigenvalue weighted by molar-refractivity contribution is 5.87. The van der Waals surface area contributed by atoms with Crippen LogP contribution in [-0.2, 0) is 9.53 Å². The summed E-state index contributed by atoms with van der Waals surface area (Å²) in [6.45, 7) is 2.07. The number of carbonyl (C=O) groups is 1. The van der Waals surface area contributed by atoms with E-state index in [9.17, 15) is 4.79 Å². The Balaban J connectivity index is 2.28. The van der Waals surface area contributed by atoms with Gasteiger partial charge in [0.25, 0.3) is 0 Å². The first-order chi connectivity index (χ1) is 7.65. The molecule has 1 aliphatic carbocycles. The van der Waals surface area contributed by atoms with Crippen LogP contribution < -0.4 is 5.32 Å². The molecule has 86 valence electrons. The Hall–Kier alpha value is -1.35. The second-order valence-electron chi connectivity index (χ2n) is 4.33. The van der Waals surface area contributed by atoms with Gasteiger partial charge in [-0.05, 0) is 31.5 Å². The normalized spacial score (nSPS) is 27.6. The highest BCUT2D eigenvalue weighted by atomic mass is 16.5. The van der Waals surface area contributed by atoms with Crippen LogP contribution in [0.1, 0.15) is 23.5 Å². The van der Waals surface area contributed by atoms with Crippen molar-refractivity contribution in [1.82, 2.24) is 5.32 Å². The SMILES string of the molecule is CNC1(C(=O)OC)CC1c1ccccc1C. The molecule has 0 aliphatic heterocycles. The Labute approximate surface area is 95.8 Å². The third kappa shape index (κ3) is 1.52. The zero-order valence-corrected chi connectivity index (χ0v) is 9.91. The summed E-state index contributed by atoms with van der Waals surface area (Å²) in [6.07, 6.45) is 0.820. The molecule has 0 saturated heterocycles. The summed E-state index contributed by atoms with van der Waals surface area (Å²) >= 11 is 0. The first kappa shape index (κ1) is 11.1. The summed E-state index contributed by atoms with van der Waals surface area (Å²) in [5, 5.41) is 3.10. The van der Waals surface area contributed by atoms with Crippen LogP contribution in [0.25, 0.3) is 0 Å². The van der Waals surface area contributed by atoms with E-state index in [0.717, 1.165) is 6.42 Å².